The van der Waals surface area contributed by atoms with Crippen molar-refractivity contribution in [3.63, 3.8) is 0 Å². The lowest BCUT2D eigenvalue weighted by atomic mass is 9.98. The summed E-state index contributed by atoms with van der Waals surface area (Å²) in [7, 11) is -0.223. The Morgan fingerprint density at radius 3 is 2.09 bits per heavy atom. The Labute approximate surface area is 145 Å². The van der Waals surface area contributed by atoms with E-state index in [0.29, 0.717) is 0 Å². The summed E-state index contributed by atoms with van der Waals surface area (Å²) in [5.74, 6) is 2.41. The molecule has 2 heteroatoms. The topological polar surface area (TPSA) is 0 Å². The van der Waals surface area contributed by atoms with Crippen molar-refractivity contribution < 1.29 is 0 Å². The molecule has 1 saturated carbocycles. The Hall–Kier alpha value is -0.780. The maximum Gasteiger partial charge on any atom is 0.00818 e. The molecule has 0 aromatic heterocycles. The van der Waals surface area contributed by atoms with Crippen LogP contribution in [0.2, 0.25) is 0 Å². The lowest BCUT2D eigenvalue weighted by Crippen LogP contribution is -2.24. The van der Waals surface area contributed by atoms with Crippen LogP contribution in [0.3, 0.4) is 0 Å². The van der Waals surface area contributed by atoms with Crippen molar-refractivity contribution in [2.45, 2.75) is 43.0 Å². The summed E-state index contributed by atoms with van der Waals surface area (Å²) in [6.45, 7) is 0. The highest BCUT2D eigenvalue weighted by atomic mass is 32.2. The number of rotatable bonds is 3. The van der Waals surface area contributed by atoms with E-state index in [1.165, 1.54) is 37.9 Å². The Morgan fingerprint density at radius 2 is 1.43 bits per heavy atom. The van der Waals surface area contributed by atoms with Gasteiger partial charge < -0.3 is 0 Å². The standard InChI is InChI=1S/C21H25PS/c1-3-9-18(10-4-1)22(19-11-5-2-6-12-19)20-13-7-8-17-14-15-23-21(17)16-20/h1-6,9-12,17,20-21H,7-8,13-16H2/t17?,20-,21?/m0/s1. The summed E-state index contributed by atoms with van der Waals surface area (Å²) in [6.07, 6.45) is 7.23. The Kier molecular flexibility index (Phi) is 5.07. The van der Waals surface area contributed by atoms with Gasteiger partial charge in [0, 0.05) is 5.25 Å². The van der Waals surface area contributed by atoms with Crippen molar-refractivity contribution in [3.05, 3.63) is 60.7 Å². The molecule has 2 aromatic carbocycles. The third-order valence-electron chi connectivity index (χ3n) is 5.40. The van der Waals surface area contributed by atoms with Gasteiger partial charge in [-0.3, -0.25) is 0 Å². The zero-order valence-corrected chi connectivity index (χ0v) is 15.3. The molecule has 1 aliphatic carbocycles. The lowest BCUT2D eigenvalue weighted by Gasteiger charge is -2.29. The van der Waals surface area contributed by atoms with Crippen LogP contribution >= 0.6 is 19.7 Å². The van der Waals surface area contributed by atoms with Gasteiger partial charge in [0.2, 0.25) is 0 Å². The molecule has 1 heterocycles. The second-order valence-electron chi connectivity index (χ2n) is 6.82. The van der Waals surface area contributed by atoms with Gasteiger partial charge in [-0.05, 0) is 61.5 Å². The maximum atomic E-state index is 2.36. The van der Waals surface area contributed by atoms with Crippen LogP contribution in [0.15, 0.2) is 60.7 Å². The van der Waals surface area contributed by atoms with E-state index in [1.54, 1.807) is 10.6 Å². The summed E-state index contributed by atoms with van der Waals surface area (Å²) >= 11 is 2.26. The van der Waals surface area contributed by atoms with Crippen molar-refractivity contribution in [3.8, 4) is 0 Å². The van der Waals surface area contributed by atoms with Crippen LogP contribution in [0.4, 0.5) is 0 Å². The fourth-order valence-electron chi connectivity index (χ4n) is 4.27. The van der Waals surface area contributed by atoms with Gasteiger partial charge in [-0.15, -0.1) is 0 Å². The molecule has 2 aliphatic rings. The molecule has 3 atom stereocenters. The monoisotopic (exact) mass is 340 g/mol. The van der Waals surface area contributed by atoms with Crippen molar-refractivity contribution in [2.24, 2.45) is 5.92 Å². The molecular weight excluding hydrogens is 315 g/mol. The van der Waals surface area contributed by atoms with Gasteiger partial charge in [0.25, 0.3) is 0 Å². The van der Waals surface area contributed by atoms with Gasteiger partial charge in [-0.25, -0.2) is 0 Å². The average Bonchev–Trinajstić information content (AvgIpc) is 2.95. The predicted octanol–water partition coefficient (Wildman–Crippen LogP) is 5.18. The van der Waals surface area contributed by atoms with Gasteiger partial charge in [-0.2, -0.15) is 11.8 Å². The quantitative estimate of drug-likeness (QED) is 0.694. The van der Waals surface area contributed by atoms with E-state index in [0.717, 1.165) is 16.8 Å². The fraction of sp³-hybridized carbons (Fsp3) is 0.429. The molecule has 0 nitrogen and oxygen atoms in total. The van der Waals surface area contributed by atoms with E-state index in [-0.39, 0.29) is 7.92 Å². The Bertz CT molecular complexity index is 573. The van der Waals surface area contributed by atoms with Crippen molar-refractivity contribution >= 4 is 30.3 Å². The van der Waals surface area contributed by atoms with Gasteiger partial charge in [0.15, 0.2) is 0 Å². The molecule has 0 bridgehead atoms. The number of benzene rings is 2. The average molecular weight is 340 g/mol. The first-order valence-electron chi connectivity index (χ1n) is 8.93. The van der Waals surface area contributed by atoms with Crippen LogP contribution < -0.4 is 10.6 Å². The highest BCUT2D eigenvalue weighted by Crippen LogP contribution is 2.50. The minimum absolute atomic E-state index is 0.223. The first-order valence-corrected chi connectivity index (χ1v) is 11.4. The Balaban J connectivity index is 1.67. The molecule has 0 N–H and O–H groups in total. The second-order valence-corrected chi connectivity index (χ2v) is 10.7. The molecular formula is C21H25PS. The summed E-state index contributed by atoms with van der Waals surface area (Å²) < 4.78 is 0. The first kappa shape index (κ1) is 15.7. The number of hydrogen-bond acceptors (Lipinski definition) is 1. The van der Waals surface area contributed by atoms with Crippen LogP contribution in [0.5, 0.6) is 0 Å². The summed E-state index contributed by atoms with van der Waals surface area (Å²) in [5, 5.41) is 4.07. The van der Waals surface area contributed by atoms with Crippen LogP contribution in [-0.4, -0.2) is 16.7 Å². The number of thioether (sulfide) groups is 1. The highest BCUT2D eigenvalue weighted by molar-refractivity contribution is 8.00. The van der Waals surface area contributed by atoms with Gasteiger partial charge >= 0.3 is 0 Å². The van der Waals surface area contributed by atoms with Crippen LogP contribution in [0.1, 0.15) is 32.1 Å². The number of hydrogen-bond donors (Lipinski definition) is 0. The minimum Gasteiger partial charge on any atom is -0.158 e. The SMILES string of the molecule is c1ccc(P(c2ccccc2)[C@H]2CCCC3CCSC3C2)cc1. The second kappa shape index (κ2) is 7.41. The molecule has 2 unspecified atom stereocenters. The van der Waals surface area contributed by atoms with Crippen molar-refractivity contribution in [2.75, 3.05) is 5.75 Å². The predicted molar refractivity (Wildman–Crippen MR) is 106 cm³/mol. The van der Waals surface area contributed by atoms with E-state index < -0.39 is 0 Å². The van der Waals surface area contributed by atoms with Crippen molar-refractivity contribution in [1.82, 2.24) is 0 Å². The molecule has 0 spiro atoms. The molecule has 1 saturated heterocycles. The van der Waals surface area contributed by atoms with E-state index in [9.17, 15) is 0 Å². The normalized spacial score (nSPS) is 27.6. The smallest absolute Gasteiger partial charge is 0.00818 e. The molecule has 0 amide bonds. The van der Waals surface area contributed by atoms with E-state index in [1.807, 2.05) is 0 Å². The molecule has 2 fully saturated rings. The fourth-order valence-corrected chi connectivity index (χ4v) is 9.07. The molecule has 120 valence electrons. The summed E-state index contributed by atoms with van der Waals surface area (Å²) in [5.41, 5.74) is 0.857. The summed E-state index contributed by atoms with van der Waals surface area (Å²) in [4.78, 5) is 0. The highest BCUT2D eigenvalue weighted by Gasteiger charge is 2.35. The molecule has 2 aromatic rings. The van der Waals surface area contributed by atoms with E-state index in [4.69, 9.17) is 0 Å². The van der Waals surface area contributed by atoms with Gasteiger partial charge in [0.05, 0.1) is 0 Å². The molecule has 23 heavy (non-hydrogen) atoms. The van der Waals surface area contributed by atoms with Crippen LogP contribution in [0.25, 0.3) is 0 Å². The first-order chi connectivity index (χ1) is 11.4. The lowest BCUT2D eigenvalue weighted by molar-refractivity contribution is 0.482. The third-order valence-corrected chi connectivity index (χ3v) is 9.78. The van der Waals surface area contributed by atoms with Crippen molar-refractivity contribution in [1.29, 1.82) is 0 Å². The summed E-state index contributed by atoms with van der Waals surface area (Å²) in [6, 6.07) is 22.6. The van der Waals surface area contributed by atoms with Crippen LogP contribution in [0, 0.1) is 5.92 Å². The maximum absolute atomic E-state index is 2.36. The van der Waals surface area contributed by atoms with E-state index in [2.05, 4.69) is 72.4 Å². The van der Waals surface area contributed by atoms with Gasteiger partial charge in [-0.1, -0.05) is 67.1 Å². The largest absolute Gasteiger partial charge is 0.158 e. The van der Waals surface area contributed by atoms with Crippen LogP contribution in [-0.2, 0) is 0 Å². The minimum atomic E-state index is -0.223. The van der Waals surface area contributed by atoms with E-state index >= 15 is 0 Å². The molecule has 0 radical (unpaired) electrons. The zero-order chi connectivity index (χ0) is 15.5. The molecule has 4 rings (SSSR count). The molecule has 1 aliphatic heterocycles. The Morgan fingerprint density at radius 1 is 0.783 bits per heavy atom. The zero-order valence-electron chi connectivity index (χ0n) is 13.6. The number of fused-ring (bicyclic) bond motifs is 1. The van der Waals surface area contributed by atoms with Gasteiger partial charge in [0.1, 0.15) is 0 Å². The third kappa shape index (κ3) is 3.52.